The van der Waals surface area contributed by atoms with Gasteiger partial charge in [0.25, 0.3) is 0 Å². The topological polar surface area (TPSA) is 41.4 Å². The van der Waals surface area contributed by atoms with Crippen molar-refractivity contribution in [2.75, 3.05) is 32.7 Å². The van der Waals surface area contributed by atoms with E-state index in [1.54, 1.807) is 6.92 Å². The van der Waals surface area contributed by atoms with E-state index < -0.39 is 5.38 Å². The van der Waals surface area contributed by atoms with Crippen molar-refractivity contribution in [3.05, 3.63) is 18.2 Å². The van der Waals surface area contributed by atoms with E-state index in [0.29, 0.717) is 0 Å². The summed E-state index contributed by atoms with van der Waals surface area (Å²) in [5.74, 6) is 1.18. The molecule has 0 bridgehead atoms. The molecule has 20 heavy (non-hydrogen) atoms. The molecule has 0 radical (unpaired) electrons. The second-order valence-corrected chi connectivity index (χ2v) is 5.83. The third-order valence-corrected chi connectivity index (χ3v) is 3.99. The van der Waals surface area contributed by atoms with E-state index in [1.165, 1.54) is 0 Å². The number of imidazole rings is 1. The lowest BCUT2D eigenvalue weighted by Gasteiger charge is -2.35. The highest BCUT2D eigenvalue weighted by Gasteiger charge is 2.23. The fraction of sp³-hybridized carbons (Fsp3) is 0.714. The molecule has 112 valence electrons. The quantitative estimate of drug-likeness (QED) is 0.768. The van der Waals surface area contributed by atoms with Crippen LogP contribution in [0.25, 0.3) is 0 Å². The lowest BCUT2D eigenvalue weighted by molar-refractivity contribution is -0.132. The van der Waals surface area contributed by atoms with Crippen LogP contribution in [0, 0.1) is 0 Å². The molecule has 0 spiro atoms. The van der Waals surface area contributed by atoms with Gasteiger partial charge < -0.3 is 9.47 Å². The summed E-state index contributed by atoms with van der Waals surface area (Å²) in [4.78, 5) is 20.4. The van der Waals surface area contributed by atoms with Crippen LogP contribution in [-0.2, 0) is 17.8 Å². The fourth-order valence-corrected chi connectivity index (χ4v) is 2.69. The van der Waals surface area contributed by atoms with Crippen LogP contribution in [-0.4, -0.2) is 63.4 Å². The molecule has 2 rings (SSSR count). The molecule has 0 aliphatic carbocycles. The van der Waals surface area contributed by atoms with Crippen molar-refractivity contribution in [3.63, 3.8) is 0 Å². The zero-order valence-electron chi connectivity index (χ0n) is 12.3. The standard InChI is InChI=1S/C14H23ClN4O/c1-3-13-16-4-5-18(13)9-6-17-7-10-19(11-8-17)14(20)12(2)15/h4-5,12H,3,6-11H2,1-2H3. The van der Waals surface area contributed by atoms with Gasteiger partial charge in [0.05, 0.1) is 0 Å². The van der Waals surface area contributed by atoms with Gasteiger partial charge in [0.1, 0.15) is 11.2 Å². The first kappa shape index (κ1) is 15.3. The van der Waals surface area contributed by atoms with Crippen molar-refractivity contribution in [2.24, 2.45) is 0 Å². The summed E-state index contributed by atoms with van der Waals surface area (Å²) in [6.07, 6.45) is 4.86. The molecular weight excluding hydrogens is 276 g/mol. The average Bonchev–Trinajstić information content (AvgIpc) is 2.92. The SMILES string of the molecule is CCc1nccn1CCN1CCN(C(=O)C(C)Cl)CC1. The molecule has 0 aromatic carbocycles. The van der Waals surface area contributed by atoms with Crippen molar-refractivity contribution in [1.29, 1.82) is 0 Å². The average molecular weight is 299 g/mol. The summed E-state index contributed by atoms with van der Waals surface area (Å²) in [6.45, 7) is 9.22. The highest BCUT2D eigenvalue weighted by Crippen LogP contribution is 2.07. The molecule has 1 saturated heterocycles. The molecule has 1 fully saturated rings. The number of carbonyl (C=O) groups is 1. The molecular formula is C14H23ClN4O. The molecule has 1 aromatic heterocycles. The van der Waals surface area contributed by atoms with Crippen LogP contribution in [0.5, 0.6) is 0 Å². The van der Waals surface area contributed by atoms with Crippen molar-refractivity contribution in [3.8, 4) is 0 Å². The number of aromatic nitrogens is 2. The number of rotatable bonds is 5. The van der Waals surface area contributed by atoms with Gasteiger partial charge >= 0.3 is 0 Å². The number of halogens is 1. The van der Waals surface area contributed by atoms with Crippen LogP contribution in [0.4, 0.5) is 0 Å². The number of alkyl halides is 1. The Labute approximate surface area is 125 Å². The minimum atomic E-state index is -0.417. The predicted molar refractivity (Wildman–Crippen MR) is 79.9 cm³/mol. The number of aryl methyl sites for hydroxylation is 1. The first-order valence-electron chi connectivity index (χ1n) is 7.27. The highest BCUT2D eigenvalue weighted by molar-refractivity contribution is 6.30. The first-order chi connectivity index (χ1) is 9.61. The van der Waals surface area contributed by atoms with Gasteiger partial charge in [-0.1, -0.05) is 6.92 Å². The minimum absolute atomic E-state index is 0.0502. The summed E-state index contributed by atoms with van der Waals surface area (Å²) in [6, 6.07) is 0. The van der Waals surface area contributed by atoms with Gasteiger partial charge in [-0.2, -0.15) is 0 Å². The van der Waals surface area contributed by atoms with Crippen LogP contribution >= 0.6 is 11.6 Å². The number of hydrogen-bond acceptors (Lipinski definition) is 3. The van der Waals surface area contributed by atoms with Gasteiger partial charge in [0, 0.05) is 58.1 Å². The Morgan fingerprint density at radius 3 is 2.65 bits per heavy atom. The Kier molecular flexibility index (Phi) is 5.43. The zero-order chi connectivity index (χ0) is 14.5. The Balaban J connectivity index is 1.76. The molecule has 6 heteroatoms. The molecule has 1 aromatic rings. The van der Waals surface area contributed by atoms with Gasteiger partial charge in [-0.25, -0.2) is 4.98 Å². The molecule has 1 aliphatic rings. The van der Waals surface area contributed by atoms with E-state index in [4.69, 9.17) is 11.6 Å². The number of nitrogens with zero attached hydrogens (tertiary/aromatic N) is 4. The van der Waals surface area contributed by atoms with E-state index in [0.717, 1.165) is 51.5 Å². The Morgan fingerprint density at radius 2 is 2.05 bits per heavy atom. The van der Waals surface area contributed by atoms with Crippen molar-refractivity contribution >= 4 is 17.5 Å². The summed E-state index contributed by atoms with van der Waals surface area (Å²) < 4.78 is 2.21. The predicted octanol–water partition coefficient (Wildman–Crippen LogP) is 1.22. The summed E-state index contributed by atoms with van der Waals surface area (Å²) in [7, 11) is 0. The van der Waals surface area contributed by atoms with E-state index in [1.807, 2.05) is 17.3 Å². The van der Waals surface area contributed by atoms with E-state index >= 15 is 0 Å². The lowest BCUT2D eigenvalue weighted by Crippen LogP contribution is -2.50. The molecule has 0 saturated carbocycles. The first-order valence-corrected chi connectivity index (χ1v) is 7.70. The molecule has 0 N–H and O–H groups in total. The lowest BCUT2D eigenvalue weighted by atomic mass is 10.3. The summed E-state index contributed by atoms with van der Waals surface area (Å²) >= 11 is 5.84. The van der Waals surface area contributed by atoms with E-state index in [-0.39, 0.29) is 5.91 Å². The van der Waals surface area contributed by atoms with Crippen LogP contribution < -0.4 is 0 Å². The largest absolute Gasteiger partial charge is 0.339 e. The fourth-order valence-electron chi connectivity index (χ4n) is 2.55. The normalized spacial score (nSPS) is 18.2. The molecule has 2 heterocycles. The van der Waals surface area contributed by atoms with Crippen LogP contribution in [0.3, 0.4) is 0 Å². The van der Waals surface area contributed by atoms with Gasteiger partial charge in [-0.3, -0.25) is 9.69 Å². The number of piperazine rings is 1. The maximum atomic E-state index is 11.8. The molecule has 1 atom stereocenters. The van der Waals surface area contributed by atoms with Crippen LogP contribution in [0.2, 0.25) is 0 Å². The number of hydrogen-bond donors (Lipinski definition) is 0. The van der Waals surface area contributed by atoms with Crippen LogP contribution in [0.15, 0.2) is 12.4 Å². The monoisotopic (exact) mass is 298 g/mol. The maximum absolute atomic E-state index is 11.8. The molecule has 1 aliphatic heterocycles. The third-order valence-electron chi connectivity index (χ3n) is 3.80. The summed E-state index contributed by atoms with van der Waals surface area (Å²) in [5.41, 5.74) is 0. The molecule has 1 unspecified atom stereocenters. The van der Waals surface area contributed by atoms with Crippen molar-refractivity contribution in [2.45, 2.75) is 32.2 Å². The van der Waals surface area contributed by atoms with Crippen molar-refractivity contribution < 1.29 is 4.79 Å². The van der Waals surface area contributed by atoms with E-state index in [2.05, 4.69) is 21.4 Å². The van der Waals surface area contributed by atoms with E-state index in [9.17, 15) is 4.79 Å². The highest BCUT2D eigenvalue weighted by atomic mass is 35.5. The maximum Gasteiger partial charge on any atom is 0.240 e. The van der Waals surface area contributed by atoms with Gasteiger partial charge in [0.2, 0.25) is 5.91 Å². The molecule has 1 amide bonds. The van der Waals surface area contributed by atoms with Crippen LogP contribution in [0.1, 0.15) is 19.7 Å². The Bertz CT molecular complexity index is 438. The smallest absolute Gasteiger partial charge is 0.240 e. The van der Waals surface area contributed by atoms with Gasteiger partial charge in [-0.05, 0) is 6.92 Å². The second kappa shape index (κ2) is 7.09. The number of carbonyl (C=O) groups excluding carboxylic acids is 1. The molecule has 5 nitrogen and oxygen atoms in total. The minimum Gasteiger partial charge on any atom is -0.339 e. The second-order valence-electron chi connectivity index (χ2n) is 5.17. The number of amides is 1. The Hall–Kier alpha value is -1.07. The Morgan fingerprint density at radius 1 is 1.35 bits per heavy atom. The van der Waals surface area contributed by atoms with Gasteiger partial charge in [0.15, 0.2) is 0 Å². The zero-order valence-corrected chi connectivity index (χ0v) is 13.0. The van der Waals surface area contributed by atoms with Crippen molar-refractivity contribution in [1.82, 2.24) is 19.4 Å². The third kappa shape index (κ3) is 3.73. The van der Waals surface area contributed by atoms with Gasteiger partial charge in [-0.15, -0.1) is 11.6 Å². The summed E-state index contributed by atoms with van der Waals surface area (Å²) in [5, 5.41) is -0.417.